The van der Waals surface area contributed by atoms with Crippen LogP contribution in [0.15, 0.2) is 30.3 Å². The Morgan fingerprint density at radius 3 is 2.84 bits per heavy atom. The van der Waals surface area contributed by atoms with Gasteiger partial charge >= 0.3 is 5.97 Å². The molecule has 0 atom stereocenters. The smallest absolute Gasteiger partial charge is 0.337 e. The Balaban J connectivity index is 2.25. The molecule has 0 bridgehead atoms. The van der Waals surface area contributed by atoms with Crippen LogP contribution >= 0.6 is 0 Å². The minimum atomic E-state index is -0.368. The van der Waals surface area contributed by atoms with Gasteiger partial charge in [-0.15, -0.1) is 0 Å². The highest BCUT2D eigenvalue weighted by molar-refractivity contribution is 5.89. The molecule has 0 saturated heterocycles. The summed E-state index contributed by atoms with van der Waals surface area (Å²) < 4.78 is 6.40. The van der Waals surface area contributed by atoms with Crippen LogP contribution in [-0.2, 0) is 11.3 Å². The first-order valence-corrected chi connectivity index (χ1v) is 5.81. The van der Waals surface area contributed by atoms with Crippen LogP contribution in [0.5, 0.6) is 0 Å². The molecule has 1 aromatic heterocycles. The van der Waals surface area contributed by atoms with Crippen LogP contribution < -0.4 is 0 Å². The van der Waals surface area contributed by atoms with Crippen molar-refractivity contribution in [3.05, 3.63) is 52.8 Å². The zero-order chi connectivity index (χ0) is 13.8. The number of aldehydes is 1. The maximum atomic E-state index is 11.4. The molecule has 2 rings (SSSR count). The van der Waals surface area contributed by atoms with Gasteiger partial charge in [0.2, 0.25) is 0 Å². The van der Waals surface area contributed by atoms with E-state index in [0.717, 1.165) is 11.3 Å². The monoisotopic (exact) mass is 258 g/mol. The predicted molar refractivity (Wildman–Crippen MR) is 69.2 cm³/mol. The van der Waals surface area contributed by atoms with E-state index < -0.39 is 0 Å². The number of methoxy groups -OCH3 is 1. The van der Waals surface area contributed by atoms with E-state index in [9.17, 15) is 9.59 Å². The molecule has 0 fully saturated rings. The number of aryl methyl sites for hydroxylation is 1. The fourth-order valence-electron chi connectivity index (χ4n) is 1.84. The molecule has 1 heterocycles. The minimum Gasteiger partial charge on any atom is -0.465 e. The molecule has 1 aromatic carbocycles. The molecule has 0 amide bonds. The number of benzene rings is 1. The lowest BCUT2D eigenvalue weighted by Crippen LogP contribution is -2.06. The minimum absolute atomic E-state index is 0.368. The van der Waals surface area contributed by atoms with Gasteiger partial charge in [0.05, 0.1) is 19.2 Å². The first-order chi connectivity index (χ1) is 9.13. The number of rotatable bonds is 4. The number of carbonyl (C=O) groups is 2. The fraction of sp³-hybridized carbons (Fsp3) is 0.214. The zero-order valence-electron chi connectivity index (χ0n) is 10.8. The van der Waals surface area contributed by atoms with E-state index in [1.807, 2.05) is 13.0 Å². The molecular formula is C14H14N2O3. The maximum absolute atomic E-state index is 11.4. The molecule has 5 nitrogen and oxygen atoms in total. The van der Waals surface area contributed by atoms with E-state index in [0.29, 0.717) is 24.1 Å². The summed E-state index contributed by atoms with van der Waals surface area (Å²) in [5.74, 6) is -0.368. The lowest BCUT2D eigenvalue weighted by molar-refractivity contribution is 0.0600. The molecular weight excluding hydrogens is 244 g/mol. The lowest BCUT2D eigenvalue weighted by Gasteiger charge is -2.06. The van der Waals surface area contributed by atoms with Crippen LogP contribution in [0, 0.1) is 6.92 Å². The number of ether oxygens (including phenoxy) is 1. The molecule has 0 radical (unpaired) electrons. The molecule has 5 heteroatoms. The van der Waals surface area contributed by atoms with Crippen molar-refractivity contribution in [2.24, 2.45) is 0 Å². The second-order valence-corrected chi connectivity index (χ2v) is 4.18. The van der Waals surface area contributed by atoms with E-state index in [4.69, 9.17) is 0 Å². The number of hydrogen-bond donors (Lipinski definition) is 0. The van der Waals surface area contributed by atoms with Gasteiger partial charge in [-0.05, 0) is 30.7 Å². The second-order valence-electron chi connectivity index (χ2n) is 4.18. The summed E-state index contributed by atoms with van der Waals surface area (Å²) in [6, 6.07) is 8.86. The standard InChI is InChI=1S/C14H14N2O3/c1-10-6-13(9-17)15-16(10)8-11-4-3-5-12(7-11)14(18)19-2/h3-7,9H,8H2,1-2H3. The van der Waals surface area contributed by atoms with Crippen LogP contribution in [0.3, 0.4) is 0 Å². The first kappa shape index (κ1) is 13.0. The van der Waals surface area contributed by atoms with Gasteiger partial charge in [-0.1, -0.05) is 12.1 Å². The van der Waals surface area contributed by atoms with Gasteiger partial charge < -0.3 is 4.74 Å². The van der Waals surface area contributed by atoms with Gasteiger partial charge in [-0.3, -0.25) is 9.48 Å². The average Bonchev–Trinajstić information content (AvgIpc) is 2.79. The quantitative estimate of drug-likeness (QED) is 0.620. The van der Waals surface area contributed by atoms with E-state index in [-0.39, 0.29) is 5.97 Å². The van der Waals surface area contributed by atoms with Gasteiger partial charge in [0.25, 0.3) is 0 Å². The third kappa shape index (κ3) is 2.88. The predicted octanol–water partition coefficient (Wildman–Crippen LogP) is 1.84. The molecule has 0 N–H and O–H groups in total. The fourth-order valence-corrected chi connectivity index (χ4v) is 1.84. The summed E-state index contributed by atoms with van der Waals surface area (Å²) in [7, 11) is 1.35. The van der Waals surface area contributed by atoms with Crippen LogP contribution in [0.1, 0.15) is 32.1 Å². The van der Waals surface area contributed by atoms with Gasteiger partial charge in [-0.2, -0.15) is 5.10 Å². The van der Waals surface area contributed by atoms with Crippen molar-refractivity contribution in [3.63, 3.8) is 0 Å². The molecule has 0 unspecified atom stereocenters. The number of aromatic nitrogens is 2. The van der Waals surface area contributed by atoms with Crippen molar-refractivity contribution in [1.82, 2.24) is 9.78 Å². The third-order valence-electron chi connectivity index (χ3n) is 2.80. The largest absolute Gasteiger partial charge is 0.465 e. The number of esters is 1. The Hall–Kier alpha value is -2.43. The first-order valence-electron chi connectivity index (χ1n) is 5.81. The van der Waals surface area contributed by atoms with Crippen LogP contribution in [0.2, 0.25) is 0 Å². The Morgan fingerprint density at radius 1 is 1.42 bits per heavy atom. The molecule has 0 aliphatic carbocycles. The van der Waals surface area contributed by atoms with Crippen molar-refractivity contribution in [3.8, 4) is 0 Å². The summed E-state index contributed by atoms with van der Waals surface area (Å²) in [5, 5.41) is 4.15. The topological polar surface area (TPSA) is 61.2 Å². The van der Waals surface area contributed by atoms with Crippen molar-refractivity contribution < 1.29 is 14.3 Å². The third-order valence-corrected chi connectivity index (χ3v) is 2.80. The lowest BCUT2D eigenvalue weighted by atomic mass is 10.1. The molecule has 0 spiro atoms. The molecule has 0 aliphatic heterocycles. The van der Waals surface area contributed by atoms with Crippen molar-refractivity contribution in [2.75, 3.05) is 7.11 Å². The molecule has 2 aromatic rings. The van der Waals surface area contributed by atoms with Crippen molar-refractivity contribution in [1.29, 1.82) is 0 Å². The maximum Gasteiger partial charge on any atom is 0.337 e. The van der Waals surface area contributed by atoms with Crippen LogP contribution in [-0.4, -0.2) is 29.1 Å². The van der Waals surface area contributed by atoms with E-state index in [1.165, 1.54) is 7.11 Å². The Morgan fingerprint density at radius 2 is 2.21 bits per heavy atom. The SMILES string of the molecule is COC(=O)c1cccc(Cn2nc(C=O)cc2C)c1. The van der Waals surface area contributed by atoms with E-state index in [1.54, 1.807) is 28.9 Å². The molecule has 98 valence electrons. The zero-order valence-corrected chi connectivity index (χ0v) is 10.8. The van der Waals surface area contributed by atoms with Crippen LogP contribution in [0.4, 0.5) is 0 Å². The highest BCUT2D eigenvalue weighted by Crippen LogP contribution is 2.10. The molecule has 19 heavy (non-hydrogen) atoms. The van der Waals surface area contributed by atoms with Gasteiger partial charge in [0, 0.05) is 5.69 Å². The van der Waals surface area contributed by atoms with Crippen LogP contribution in [0.25, 0.3) is 0 Å². The average molecular weight is 258 g/mol. The number of carbonyl (C=O) groups excluding carboxylic acids is 2. The summed E-state index contributed by atoms with van der Waals surface area (Å²) in [6.07, 6.45) is 0.717. The molecule has 0 saturated carbocycles. The van der Waals surface area contributed by atoms with Gasteiger partial charge in [-0.25, -0.2) is 4.79 Å². The summed E-state index contributed by atoms with van der Waals surface area (Å²) >= 11 is 0. The van der Waals surface area contributed by atoms with Crippen molar-refractivity contribution in [2.45, 2.75) is 13.5 Å². The van der Waals surface area contributed by atoms with E-state index in [2.05, 4.69) is 9.84 Å². The second kappa shape index (κ2) is 5.48. The van der Waals surface area contributed by atoms with Gasteiger partial charge in [0.1, 0.15) is 5.69 Å². The number of hydrogen-bond acceptors (Lipinski definition) is 4. The summed E-state index contributed by atoms with van der Waals surface area (Å²) in [6.45, 7) is 2.38. The molecule has 0 aliphatic rings. The van der Waals surface area contributed by atoms with Gasteiger partial charge in [0.15, 0.2) is 6.29 Å². The van der Waals surface area contributed by atoms with E-state index >= 15 is 0 Å². The summed E-state index contributed by atoms with van der Waals surface area (Å²) in [5.41, 5.74) is 2.72. The number of nitrogens with zero attached hydrogens (tertiary/aromatic N) is 2. The normalized spacial score (nSPS) is 10.2. The highest BCUT2D eigenvalue weighted by Gasteiger charge is 2.08. The Labute approximate surface area is 110 Å². The Kier molecular flexibility index (Phi) is 3.75. The highest BCUT2D eigenvalue weighted by atomic mass is 16.5. The van der Waals surface area contributed by atoms with Crippen molar-refractivity contribution >= 4 is 12.3 Å². The Bertz CT molecular complexity index is 617. The summed E-state index contributed by atoms with van der Waals surface area (Å²) in [4.78, 5) is 22.1.